The molecule has 0 amide bonds. The zero-order valence-electron chi connectivity index (χ0n) is 12.0. The molecule has 0 aliphatic rings. The normalized spacial score (nSPS) is 10.5. The van der Waals surface area contributed by atoms with Gasteiger partial charge in [-0.05, 0) is 41.7 Å². The van der Waals surface area contributed by atoms with Gasteiger partial charge in [-0.15, -0.1) is 11.6 Å². The van der Waals surface area contributed by atoms with Crippen LogP contribution < -0.4 is 0 Å². The fourth-order valence-corrected chi connectivity index (χ4v) is 2.80. The summed E-state index contributed by atoms with van der Waals surface area (Å²) in [6.45, 7) is 1.72. The average Bonchev–Trinajstić information content (AvgIpc) is 2.49. The molecule has 0 atom stereocenters. The van der Waals surface area contributed by atoms with Gasteiger partial charge in [0.25, 0.3) is 0 Å². The van der Waals surface area contributed by atoms with Crippen molar-refractivity contribution in [3.63, 3.8) is 0 Å². The molecule has 2 N–H and O–H groups in total. The molecule has 2 aromatic carbocycles. The third kappa shape index (κ3) is 3.12. The van der Waals surface area contributed by atoms with Crippen LogP contribution in [0.25, 0.3) is 0 Å². The summed E-state index contributed by atoms with van der Waals surface area (Å²) in [6, 6.07) is 10.9. The first-order valence-corrected chi connectivity index (χ1v) is 7.21. The molecule has 114 valence electrons. The number of carbonyl (C=O) groups is 2. The van der Waals surface area contributed by atoms with Gasteiger partial charge in [-0.3, -0.25) is 0 Å². The van der Waals surface area contributed by atoms with Crippen molar-refractivity contribution >= 4 is 23.5 Å². The van der Waals surface area contributed by atoms with Crippen LogP contribution >= 0.6 is 11.6 Å². The number of hydrogen-bond acceptors (Lipinski definition) is 2. The first-order valence-electron chi connectivity index (χ1n) is 6.67. The van der Waals surface area contributed by atoms with Crippen LogP contribution in [0.5, 0.6) is 0 Å². The lowest BCUT2D eigenvalue weighted by atomic mass is 9.89. The number of aryl methyl sites for hydroxylation is 1. The van der Waals surface area contributed by atoms with Crippen molar-refractivity contribution in [2.24, 2.45) is 0 Å². The zero-order chi connectivity index (χ0) is 16.3. The van der Waals surface area contributed by atoms with Crippen molar-refractivity contribution in [3.05, 3.63) is 69.8 Å². The van der Waals surface area contributed by atoms with Crippen LogP contribution in [0, 0.1) is 6.92 Å². The maximum atomic E-state index is 11.7. The predicted molar refractivity (Wildman–Crippen MR) is 83.9 cm³/mol. The Bertz CT molecular complexity index is 723. The Kier molecular flexibility index (Phi) is 4.83. The monoisotopic (exact) mass is 318 g/mol. The summed E-state index contributed by atoms with van der Waals surface area (Å²) in [7, 11) is 0. The molecule has 2 rings (SSSR count). The van der Waals surface area contributed by atoms with Crippen LogP contribution in [0.4, 0.5) is 0 Å². The molecule has 0 bridgehead atoms. The van der Waals surface area contributed by atoms with Gasteiger partial charge >= 0.3 is 11.9 Å². The molecule has 0 spiro atoms. The fraction of sp³-hybridized carbons (Fsp3) is 0.176. The van der Waals surface area contributed by atoms with Crippen molar-refractivity contribution in [1.29, 1.82) is 0 Å². The van der Waals surface area contributed by atoms with E-state index in [1.807, 2.05) is 30.3 Å². The van der Waals surface area contributed by atoms with Gasteiger partial charge in [-0.25, -0.2) is 9.59 Å². The molecule has 0 aromatic heterocycles. The summed E-state index contributed by atoms with van der Waals surface area (Å²) in [5.74, 6) is -2.49. The lowest BCUT2D eigenvalue weighted by Gasteiger charge is -2.16. The second kappa shape index (κ2) is 6.62. The quantitative estimate of drug-likeness (QED) is 0.824. The van der Waals surface area contributed by atoms with Gasteiger partial charge in [0.15, 0.2) is 0 Å². The molecule has 0 saturated heterocycles. The van der Waals surface area contributed by atoms with Crippen molar-refractivity contribution in [2.45, 2.75) is 19.2 Å². The van der Waals surface area contributed by atoms with Crippen molar-refractivity contribution < 1.29 is 19.8 Å². The molecule has 0 saturated carbocycles. The number of aromatic carboxylic acids is 2. The second-order valence-corrected chi connectivity index (χ2v) is 5.25. The summed E-state index contributed by atoms with van der Waals surface area (Å²) in [5, 5.41) is 18.8. The highest BCUT2D eigenvalue weighted by molar-refractivity contribution is 6.18. The lowest BCUT2D eigenvalue weighted by molar-refractivity contribution is 0.0695. The minimum Gasteiger partial charge on any atom is -0.478 e. The molecule has 0 aliphatic carbocycles. The molecule has 5 heteroatoms. The molecule has 0 unspecified atom stereocenters. The molecule has 4 nitrogen and oxygen atoms in total. The van der Waals surface area contributed by atoms with Gasteiger partial charge in [0, 0.05) is 5.88 Å². The van der Waals surface area contributed by atoms with E-state index >= 15 is 0 Å². The molecule has 0 radical (unpaired) electrons. The van der Waals surface area contributed by atoms with E-state index in [9.17, 15) is 19.8 Å². The number of alkyl halides is 1. The smallest absolute Gasteiger partial charge is 0.336 e. The van der Waals surface area contributed by atoms with E-state index < -0.39 is 11.9 Å². The summed E-state index contributed by atoms with van der Waals surface area (Å²) in [5.41, 5.74) is 2.28. The van der Waals surface area contributed by atoms with E-state index in [4.69, 9.17) is 11.6 Å². The Labute approximate surface area is 133 Å². The first kappa shape index (κ1) is 16.0. The Hall–Kier alpha value is -2.33. The number of rotatable bonds is 5. The second-order valence-electron chi connectivity index (χ2n) is 4.98. The fourth-order valence-electron chi connectivity index (χ4n) is 2.52. The molecule has 2 aromatic rings. The molecular weight excluding hydrogens is 304 g/mol. The average molecular weight is 319 g/mol. The minimum absolute atomic E-state index is 0.00347. The molecule has 0 heterocycles. The number of carboxylic acids is 2. The van der Waals surface area contributed by atoms with E-state index in [0.717, 1.165) is 5.56 Å². The van der Waals surface area contributed by atoms with Gasteiger partial charge in [-0.1, -0.05) is 30.3 Å². The molecule has 0 fully saturated rings. The van der Waals surface area contributed by atoms with Gasteiger partial charge < -0.3 is 10.2 Å². The third-order valence-electron chi connectivity index (χ3n) is 3.57. The Balaban J connectivity index is 2.67. The predicted octanol–water partition coefficient (Wildman–Crippen LogP) is 3.72. The van der Waals surface area contributed by atoms with E-state index in [0.29, 0.717) is 17.5 Å². The Morgan fingerprint density at radius 2 is 1.68 bits per heavy atom. The van der Waals surface area contributed by atoms with Gasteiger partial charge in [0.1, 0.15) is 0 Å². The van der Waals surface area contributed by atoms with E-state index in [1.165, 1.54) is 6.07 Å². The highest BCUT2D eigenvalue weighted by Gasteiger charge is 2.23. The van der Waals surface area contributed by atoms with Crippen molar-refractivity contribution in [1.82, 2.24) is 0 Å². The standard InChI is InChI=1S/C17H15ClO4/c1-10-7-13(16(19)20)14(9-18)15(17(21)22)12(10)8-11-5-3-2-4-6-11/h2-7H,8-9H2,1H3,(H,19,20)(H,21,22). The molecule has 0 aliphatic heterocycles. The summed E-state index contributed by atoms with van der Waals surface area (Å²) >= 11 is 5.83. The molecule has 22 heavy (non-hydrogen) atoms. The van der Waals surface area contributed by atoms with E-state index in [2.05, 4.69) is 0 Å². The number of carboxylic acid groups (broad SMARTS) is 2. The number of benzene rings is 2. The SMILES string of the molecule is Cc1cc(C(=O)O)c(CCl)c(C(=O)O)c1Cc1ccccc1. The minimum atomic E-state index is -1.17. The number of hydrogen-bond donors (Lipinski definition) is 2. The van der Waals surface area contributed by atoms with E-state index in [1.54, 1.807) is 6.92 Å². The highest BCUT2D eigenvalue weighted by Crippen LogP contribution is 2.27. The lowest BCUT2D eigenvalue weighted by Crippen LogP contribution is -2.14. The summed E-state index contributed by atoms with van der Waals surface area (Å²) in [4.78, 5) is 23.0. The number of halogens is 1. The van der Waals surface area contributed by atoms with Gasteiger partial charge in [-0.2, -0.15) is 0 Å². The topological polar surface area (TPSA) is 74.6 Å². The van der Waals surface area contributed by atoms with Crippen LogP contribution in [0.3, 0.4) is 0 Å². The van der Waals surface area contributed by atoms with Gasteiger partial charge in [0.05, 0.1) is 11.1 Å². The summed E-state index contributed by atoms with van der Waals surface area (Å²) < 4.78 is 0. The third-order valence-corrected chi connectivity index (χ3v) is 3.83. The zero-order valence-corrected chi connectivity index (χ0v) is 12.7. The van der Waals surface area contributed by atoms with Crippen molar-refractivity contribution in [3.8, 4) is 0 Å². The van der Waals surface area contributed by atoms with Crippen molar-refractivity contribution in [2.75, 3.05) is 0 Å². The molecular formula is C17H15ClO4. The van der Waals surface area contributed by atoms with Gasteiger partial charge in [0.2, 0.25) is 0 Å². The van der Waals surface area contributed by atoms with Crippen LogP contribution in [-0.4, -0.2) is 22.2 Å². The largest absolute Gasteiger partial charge is 0.478 e. The first-order chi connectivity index (χ1) is 10.5. The van der Waals surface area contributed by atoms with Crippen LogP contribution in [0.15, 0.2) is 36.4 Å². The highest BCUT2D eigenvalue weighted by atomic mass is 35.5. The Morgan fingerprint density at radius 1 is 1.05 bits per heavy atom. The van der Waals surface area contributed by atoms with Crippen LogP contribution in [0.1, 0.15) is 43.0 Å². The maximum Gasteiger partial charge on any atom is 0.336 e. The van der Waals surface area contributed by atoms with Crippen LogP contribution in [0.2, 0.25) is 0 Å². The van der Waals surface area contributed by atoms with E-state index in [-0.39, 0.29) is 22.6 Å². The summed E-state index contributed by atoms with van der Waals surface area (Å²) in [6.07, 6.45) is 0.415. The maximum absolute atomic E-state index is 11.7. The van der Waals surface area contributed by atoms with Crippen LogP contribution in [-0.2, 0) is 12.3 Å². The Morgan fingerprint density at radius 3 is 2.18 bits per heavy atom.